The van der Waals surface area contributed by atoms with Gasteiger partial charge in [0.05, 0.1) is 6.61 Å². The van der Waals surface area contributed by atoms with Gasteiger partial charge in [0.25, 0.3) is 0 Å². The average Bonchev–Trinajstić information content (AvgIpc) is 2.10. The van der Waals surface area contributed by atoms with E-state index in [0.29, 0.717) is 18.2 Å². The molecular weight excluding hydrogens is 269 g/mol. The number of ether oxygens (including phenoxy) is 1. The topological polar surface area (TPSA) is 39.2 Å². The molecule has 5 heteroatoms. The van der Waals surface area contributed by atoms with Crippen molar-refractivity contribution in [2.45, 2.75) is 13.3 Å². The van der Waals surface area contributed by atoms with Gasteiger partial charge in [-0.15, -0.1) is 0 Å². The van der Waals surface area contributed by atoms with Crippen molar-refractivity contribution in [1.82, 2.24) is 4.98 Å². The average molecular weight is 279 g/mol. The minimum absolute atomic E-state index is 0.288. The highest BCUT2D eigenvalue weighted by Gasteiger charge is 2.03. The predicted octanol–water partition coefficient (Wildman–Crippen LogP) is 2.60. The van der Waals surface area contributed by atoms with Gasteiger partial charge in [0.1, 0.15) is 5.15 Å². The molecule has 76 valence electrons. The molecule has 1 aromatic heterocycles. The number of nitrogens with zero attached hydrogens (tertiary/aromatic N) is 1. The summed E-state index contributed by atoms with van der Waals surface area (Å²) in [5.74, 6) is -0.288. The standard InChI is InChI=1S/C9H9BrClNO2/c1-6(13)14-3-2-7-4-8(10)5-12-9(7)11/h4-5H,2-3H2,1H3. The van der Waals surface area contributed by atoms with E-state index in [1.54, 1.807) is 6.20 Å². The monoisotopic (exact) mass is 277 g/mol. The van der Waals surface area contributed by atoms with E-state index < -0.39 is 0 Å². The largest absolute Gasteiger partial charge is 0.466 e. The summed E-state index contributed by atoms with van der Waals surface area (Å²) >= 11 is 9.13. The summed E-state index contributed by atoms with van der Waals surface area (Å²) in [7, 11) is 0. The maximum absolute atomic E-state index is 10.5. The molecule has 1 rings (SSSR count). The van der Waals surface area contributed by atoms with Crippen molar-refractivity contribution in [1.29, 1.82) is 0 Å². The molecule has 3 nitrogen and oxygen atoms in total. The van der Waals surface area contributed by atoms with Gasteiger partial charge in [0.15, 0.2) is 0 Å². The molecule has 0 spiro atoms. The Morgan fingerprint density at radius 2 is 2.43 bits per heavy atom. The van der Waals surface area contributed by atoms with E-state index in [-0.39, 0.29) is 5.97 Å². The third kappa shape index (κ3) is 3.64. The summed E-state index contributed by atoms with van der Waals surface area (Å²) in [6.45, 7) is 1.70. The lowest BCUT2D eigenvalue weighted by molar-refractivity contribution is -0.140. The summed E-state index contributed by atoms with van der Waals surface area (Å²) in [6.07, 6.45) is 2.20. The van der Waals surface area contributed by atoms with E-state index in [1.165, 1.54) is 6.92 Å². The molecule has 0 aliphatic carbocycles. The zero-order valence-electron chi connectivity index (χ0n) is 7.59. The Morgan fingerprint density at radius 1 is 1.71 bits per heavy atom. The number of pyridine rings is 1. The molecule has 0 bridgehead atoms. The molecule has 0 aromatic carbocycles. The summed E-state index contributed by atoms with van der Waals surface area (Å²) in [4.78, 5) is 14.5. The number of esters is 1. The Labute approximate surface area is 95.6 Å². The molecule has 0 atom stereocenters. The summed E-state index contributed by atoms with van der Waals surface area (Å²) in [6, 6.07) is 1.86. The number of carbonyl (C=O) groups is 1. The Hall–Kier alpha value is -0.610. The lowest BCUT2D eigenvalue weighted by Crippen LogP contribution is -2.04. The fourth-order valence-electron chi connectivity index (χ4n) is 0.945. The van der Waals surface area contributed by atoms with Crippen LogP contribution in [0.4, 0.5) is 0 Å². The maximum atomic E-state index is 10.5. The second-order valence-electron chi connectivity index (χ2n) is 2.69. The van der Waals surface area contributed by atoms with Gasteiger partial charge in [-0.2, -0.15) is 0 Å². The first-order valence-electron chi connectivity index (χ1n) is 4.03. The predicted molar refractivity (Wildman–Crippen MR) is 57.3 cm³/mol. The molecule has 0 radical (unpaired) electrons. The number of halogens is 2. The molecule has 0 unspecified atom stereocenters. The van der Waals surface area contributed by atoms with Crippen molar-refractivity contribution in [2.75, 3.05) is 6.61 Å². The van der Waals surface area contributed by atoms with Gasteiger partial charge >= 0.3 is 5.97 Å². The van der Waals surface area contributed by atoms with E-state index in [2.05, 4.69) is 20.9 Å². The van der Waals surface area contributed by atoms with Crippen molar-refractivity contribution in [3.05, 3.63) is 27.5 Å². The molecule has 0 aliphatic heterocycles. The van der Waals surface area contributed by atoms with E-state index in [0.717, 1.165) is 10.0 Å². The maximum Gasteiger partial charge on any atom is 0.302 e. The number of carbonyl (C=O) groups excluding carboxylic acids is 1. The highest BCUT2D eigenvalue weighted by Crippen LogP contribution is 2.18. The van der Waals surface area contributed by atoms with Crippen LogP contribution < -0.4 is 0 Å². The third-order valence-corrected chi connectivity index (χ3v) is 2.33. The minimum atomic E-state index is -0.288. The second kappa shape index (κ2) is 5.32. The van der Waals surface area contributed by atoms with Crippen LogP contribution in [0, 0.1) is 0 Å². The van der Waals surface area contributed by atoms with Gasteiger partial charge in [-0.3, -0.25) is 4.79 Å². The van der Waals surface area contributed by atoms with Gasteiger partial charge in [0.2, 0.25) is 0 Å². The van der Waals surface area contributed by atoms with Crippen molar-refractivity contribution in [3.63, 3.8) is 0 Å². The Bertz CT molecular complexity index is 344. The van der Waals surface area contributed by atoms with Crippen LogP contribution in [0.5, 0.6) is 0 Å². The van der Waals surface area contributed by atoms with Crippen LogP contribution >= 0.6 is 27.5 Å². The van der Waals surface area contributed by atoms with Crippen molar-refractivity contribution in [3.8, 4) is 0 Å². The Balaban J connectivity index is 2.57. The van der Waals surface area contributed by atoms with Gasteiger partial charge in [-0.1, -0.05) is 11.6 Å². The Kier molecular flexibility index (Phi) is 4.35. The second-order valence-corrected chi connectivity index (χ2v) is 3.97. The van der Waals surface area contributed by atoms with Crippen LogP contribution in [0.2, 0.25) is 5.15 Å². The fourth-order valence-corrected chi connectivity index (χ4v) is 1.52. The van der Waals surface area contributed by atoms with Crippen molar-refractivity contribution < 1.29 is 9.53 Å². The number of rotatable bonds is 3. The zero-order valence-corrected chi connectivity index (χ0v) is 9.93. The minimum Gasteiger partial charge on any atom is -0.466 e. The molecule has 0 fully saturated rings. The van der Waals surface area contributed by atoms with E-state index >= 15 is 0 Å². The first-order valence-corrected chi connectivity index (χ1v) is 5.20. The fraction of sp³-hybridized carbons (Fsp3) is 0.333. The highest BCUT2D eigenvalue weighted by molar-refractivity contribution is 9.10. The zero-order chi connectivity index (χ0) is 10.6. The molecule has 14 heavy (non-hydrogen) atoms. The number of hydrogen-bond acceptors (Lipinski definition) is 3. The van der Waals surface area contributed by atoms with Crippen LogP contribution in [0.1, 0.15) is 12.5 Å². The lowest BCUT2D eigenvalue weighted by atomic mass is 10.2. The molecule has 0 amide bonds. The first-order chi connectivity index (χ1) is 6.59. The van der Waals surface area contributed by atoms with Gasteiger partial charge in [-0.05, 0) is 27.6 Å². The summed E-state index contributed by atoms with van der Waals surface area (Å²) < 4.78 is 5.66. The van der Waals surface area contributed by atoms with Crippen LogP contribution in [0.15, 0.2) is 16.7 Å². The molecule has 1 aromatic rings. The molecule has 1 heterocycles. The molecular formula is C9H9BrClNO2. The summed E-state index contributed by atoms with van der Waals surface area (Å²) in [5.41, 5.74) is 0.863. The Morgan fingerprint density at radius 3 is 3.07 bits per heavy atom. The van der Waals surface area contributed by atoms with Gasteiger partial charge in [-0.25, -0.2) is 4.98 Å². The van der Waals surface area contributed by atoms with E-state index in [1.807, 2.05) is 6.07 Å². The quantitative estimate of drug-likeness (QED) is 0.630. The molecule has 0 aliphatic rings. The van der Waals surface area contributed by atoms with Crippen molar-refractivity contribution in [2.24, 2.45) is 0 Å². The van der Waals surface area contributed by atoms with Gasteiger partial charge in [0, 0.05) is 24.0 Å². The van der Waals surface area contributed by atoms with Crippen LogP contribution in [-0.4, -0.2) is 17.6 Å². The number of aromatic nitrogens is 1. The normalized spacial score (nSPS) is 9.93. The highest BCUT2D eigenvalue weighted by atomic mass is 79.9. The first kappa shape index (κ1) is 11.5. The van der Waals surface area contributed by atoms with Crippen molar-refractivity contribution >= 4 is 33.5 Å². The molecule has 0 saturated heterocycles. The molecule has 0 saturated carbocycles. The molecule has 0 N–H and O–H groups in total. The van der Waals surface area contributed by atoms with Gasteiger partial charge < -0.3 is 4.74 Å². The summed E-state index contributed by atoms with van der Waals surface area (Å²) in [5, 5.41) is 0.445. The van der Waals surface area contributed by atoms with E-state index in [9.17, 15) is 4.79 Å². The van der Waals surface area contributed by atoms with Crippen LogP contribution in [-0.2, 0) is 16.0 Å². The lowest BCUT2D eigenvalue weighted by Gasteiger charge is -2.04. The number of hydrogen-bond donors (Lipinski definition) is 0. The van der Waals surface area contributed by atoms with Crippen LogP contribution in [0.25, 0.3) is 0 Å². The van der Waals surface area contributed by atoms with E-state index in [4.69, 9.17) is 16.3 Å². The van der Waals surface area contributed by atoms with Crippen LogP contribution in [0.3, 0.4) is 0 Å². The SMILES string of the molecule is CC(=O)OCCc1cc(Br)cnc1Cl. The third-order valence-electron chi connectivity index (χ3n) is 1.56. The smallest absolute Gasteiger partial charge is 0.302 e.